The zero-order valence-electron chi connectivity index (χ0n) is 21.5. The number of benzene rings is 2. The summed E-state index contributed by atoms with van der Waals surface area (Å²) in [4.78, 5) is 28.5. The van der Waals surface area contributed by atoms with E-state index in [0.29, 0.717) is 45.6 Å². The summed E-state index contributed by atoms with van der Waals surface area (Å²) in [6.45, 7) is 5.76. The standard InChI is InChI=1S/C28H37N3O5S/c1-21(2)19-25(30-28(33)31-15-17-36-18-16-31)27(32)23(14-13-22-9-5-3-6-10-22)20-26(29)37(34,35)24-11-7-4-8-12-24/h3-12,20-21,23,25H,13-19,29H2,1-2H3,(H,30,33). The number of ketones is 1. The first-order valence-electron chi connectivity index (χ1n) is 12.7. The quantitative estimate of drug-likeness (QED) is 0.461. The predicted octanol–water partition coefficient (Wildman–Crippen LogP) is 3.54. The predicted molar refractivity (Wildman–Crippen MR) is 143 cm³/mol. The fourth-order valence-corrected chi connectivity index (χ4v) is 5.41. The number of ether oxygens (including phenoxy) is 1. The molecular formula is C28H37N3O5S. The lowest BCUT2D eigenvalue weighted by molar-refractivity contribution is -0.124. The summed E-state index contributed by atoms with van der Waals surface area (Å²) in [6.07, 6.45) is 2.69. The largest absolute Gasteiger partial charge is 0.389 e. The number of allylic oxidation sites excluding steroid dienone is 1. The molecule has 0 aliphatic carbocycles. The van der Waals surface area contributed by atoms with Crippen LogP contribution in [-0.4, -0.2) is 57.5 Å². The highest BCUT2D eigenvalue weighted by Crippen LogP contribution is 2.22. The SMILES string of the molecule is CC(C)CC(NC(=O)N1CCOCC1)C(=O)C(C=C(N)S(=O)(=O)c1ccccc1)CCc1ccccc1. The Morgan fingerprint density at radius 3 is 2.22 bits per heavy atom. The molecule has 2 atom stereocenters. The van der Waals surface area contributed by atoms with Gasteiger partial charge in [-0.3, -0.25) is 4.79 Å². The number of morpholine rings is 1. The number of nitrogens with two attached hydrogens (primary N) is 1. The topological polar surface area (TPSA) is 119 Å². The molecule has 1 saturated heterocycles. The second-order valence-corrected chi connectivity index (χ2v) is 11.6. The van der Waals surface area contributed by atoms with Crippen LogP contribution in [0.3, 0.4) is 0 Å². The Hall–Kier alpha value is -3.17. The molecule has 0 saturated carbocycles. The smallest absolute Gasteiger partial charge is 0.318 e. The van der Waals surface area contributed by atoms with Crippen LogP contribution >= 0.6 is 0 Å². The number of hydrogen-bond acceptors (Lipinski definition) is 6. The van der Waals surface area contributed by atoms with E-state index in [1.165, 1.54) is 18.2 Å². The van der Waals surface area contributed by atoms with Crippen molar-refractivity contribution in [1.29, 1.82) is 0 Å². The van der Waals surface area contributed by atoms with Gasteiger partial charge in [-0.25, -0.2) is 13.2 Å². The van der Waals surface area contributed by atoms with Crippen LogP contribution in [0.5, 0.6) is 0 Å². The molecule has 3 rings (SSSR count). The van der Waals surface area contributed by atoms with Crippen LogP contribution < -0.4 is 11.1 Å². The number of carbonyl (C=O) groups excluding carboxylic acids is 2. The summed E-state index contributed by atoms with van der Waals surface area (Å²) < 4.78 is 31.5. The number of Topliss-reactive ketones (excluding diaryl/α,β-unsaturated/α-hetero) is 1. The molecule has 1 aliphatic rings. The van der Waals surface area contributed by atoms with Crippen molar-refractivity contribution in [1.82, 2.24) is 10.2 Å². The molecule has 2 aromatic carbocycles. The third-order valence-electron chi connectivity index (χ3n) is 6.33. The number of sulfone groups is 1. The third-order valence-corrected chi connectivity index (χ3v) is 7.98. The summed E-state index contributed by atoms with van der Waals surface area (Å²) in [6, 6.07) is 16.5. The number of aryl methyl sites for hydroxylation is 1. The number of amides is 2. The lowest BCUT2D eigenvalue weighted by Gasteiger charge is -2.30. The highest BCUT2D eigenvalue weighted by atomic mass is 32.2. The maximum atomic E-state index is 13.9. The van der Waals surface area contributed by atoms with Crippen molar-refractivity contribution < 1.29 is 22.7 Å². The number of urea groups is 1. The van der Waals surface area contributed by atoms with Crippen molar-refractivity contribution in [3.63, 3.8) is 0 Å². The monoisotopic (exact) mass is 527 g/mol. The van der Waals surface area contributed by atoms with Gasteiger partial charge in [0.15, 0.2) is 5.78 Å². The second-order valence-electron chi connectivity index (χ2n) is 9.65. The normalized spacial score (nSPS) is 16.3. The van der Waals surface area contributed by atoms with Crippen molar-refractivity contribution in [2.45, 2.75) is 44.0 Å². The Morgan fingerprint density at radius 1 is 1.03 bits per heavy atom. The van der Waals surface area contributed by atoms with Gasteiger partial charge in [-0.1, -0.05) is 62.4 Å². The molecule has 2 unspecified atom stereocenters. The van der Waals surface area contributed by atoms with Gasteiger partial charge in [0, 0.05) is 19.0 Å². The van der Waals surface area contributed by atoms with E-state index in [-0.39, 0.29) is 27.7 Å². The minimum absolute atomic E-state index is 0.0670. The van der Waals surface area contributed by atoms with Gasteiger partial charge in [0.1, 0.15) is 5.03 Å². The van der Waals surface area contributed by atoms with E-state index in [2.05, 4.69) is 5.32 Å². The van der Waals surface area contributed by atoms with Crippen LogP contribution in [0.4, 0.5) is 4.79 Å². The number of carbonyl (C=O) groups is 2. The van der Waals surface area contributed by atoms with Crippen molar-refractivity contribution >= 4 is 21.7 Å². The lowest BCUT2D eigenvalue weighted by Crippen LogP contribution is -2.52. The van der Waals surface area contributed by atoms with Gasteiger partial charge in [0.05, 0.1) is 24.2 Å². The highest BCUT2D eigenvalue weighted by molar-refractivity contribution is 7.95. The van der Waals surface area contributed by atoms with E-state index in [1.54, 1.807) is 23.1 Å². The minimum atomic E-state index is -3.96. The Morgan fingerprint density at radius 2 is 1.62 bits per heavy atom. The summed E-state index contributed by atoms with van der Waals surface area (Å²) in [7, 11) is -3.96. The van der Waals surface area contributed by atoms with Crippen molar-refractivity contribution in [2.24, 2.45) is 17.6 Å². The zero-order chi connectivity index (χ0) is 26.8. The number of nitrogens with one attached hydrogen (secondary N) is 1. The molecule has 1 fully saturated rings. The minimum Gasteiger partial charge on any atom is -0.389 e. The van der Waals surface area contributed by atoms with Crippen LogP contribution in [0.15, 0.2) is 76.7 Å². The van der Waals surface area contributed by atoms with Crippen molar-refractivity contribution in [3.8, 4) is 0 Å². The van der Waals surface area contributed by atoms with Crippen LogP contribution in [0.2, 0.25) is 0 Å². The Balaban J connectivity index is 1.89. The highest BCUT2D eigenvalue weighted by Gasteiger charge is 2.31. The van der Waals surface area contributed by atoms with E-state index in [4.69, 9.17) is 10.5 Å². The molecule has 0 radical (unpaired) electrons. The Labute approximate surface area is 219 Å². The van der Waals surface area contributed by atoms with Crippen LogP contribution in [0.1, 0.15) is 32.3 Å². The second kappa shape index (κ2) is 13.4. The van der Waals surface area contributed by atoms with E-state index in [1.807, 2.05) is 44.2 Å². The van der Waals surface area contributed by atoms with E-state index in [0.717, 1.165) is 5.56 Å². The molecule has 2 amide bonds. The van der Waals surface area contributed by atoms with Gasteiger partial charge in [0.25, 0.3) is 0 Å². The maximum Gasteiger partial charge on any atom is 0.318 e. The molecule has 9 heteroatoms. The average Bonchev–Trinajstić information content (AvgIpc) is 2.91. The molecule has 0 spiro atoms. The van der Waals surface area contributed by atoms with Gasteiger partial charge in [-0.05, 0) is 49.0 Å². The molecule has 2 aromatic rings. The first-order valence-corrected chi connectivity index (χ1v) is 14.1. The first-order chi connectivity index (χ1) is 17.7. The number of hydrogen-bond donors (Lipinski definition) is 2. The van der Waals surface area contributed by atoms with Crippen LogP contribution in [-0.2, 0) is 25.8 Å². The fraction of sp³-hybridized carbons (Fsp3) is 0.429. The van der Waals surface area contributed by atoms with E-state index < -0.39 is 21.8 Å². The molecular weight excluding hydrogens is 490 g/mol. The number of rotatable bonds is 11. The summed E-state index contributed by atoms with van der Waals surface area (Å²) in [5.41, 5.74) is 7.15. The molecule has 37 heavy (non-hydrogen) atoms. The van der Waals surface area contributed by atoms with Crippen molar-refractivity contribution in [2.75, 3.05) is 26.3 Å². The van der Waals surface area contributed by atoms with Crippen LogP contribution in [0, 0.1) is 11.8 Å². The first kappa shape index (κ1) is 28.4. The molecule has 3 N–H and O–H groups in total. The lowest BCUT2D eigenvalue weighted by atomic mass is 9.88. The van der Waals surface area contributed by atoms with Gasteiger partial charge in [0.2, 0.25) is 9.84 Å². The van der Waals surface area contributed by atoms with Gasteiger partial charge >= 0.3 is 6.03 Å². The fourth-order valence-electron chi connectivity index (χ4n) is 4.28. The van der Waals surface area contributed by atoms with Crippen LogP contribution in [0.25, 0.3) is 0 Å². The molecule has 1 heterocycles. The molecule has 0 aromatic heterocycles. The zero-order valence-corrected chi connectivity index (χ0v) is 22.3. The van der Waals surface area contributed by atoms with E-state index >= 15 is 0 Å². The van der Waals surface area contributed by atoms with E-state index in [9.17, 15) is 18.0 Å². The molecule has 200 valence electrons. The van der Waals surface area contributed by atoms with Gasteiger partial charge in [-0.2, -0.15) is 0 Å². The summed E-state index contributed by atoms with van der Waals surface area (Å²) in [5.74, 6) is -0.923. The maximum absolute atomic E-state index is 13.9. The third kappa shape index (κ3) is 8.16. The average molecular weight is 528 g/mol. The molecule has 0 bridgehead atoms. The van der Waals surface area contributed by atoms with Crippen molar-refractivity contribution in [3.05, 3.63) is 77.3 Å². The molecule has 8 nitrogen and oxygen atoms in total. The summed E-state index contributed by atoms with van der Waals surface area (Å²) >= 11 is 0. The Kier molecular flexibility index (Phi) is 10.3. The Bertz CT molecular complexity index is 1160. The summed E-state index contributed by atoms with van der Waals surface area (Å²) in [5, 5.41) is 2.53. The van der Waals surface area contributed by atoms with Gasteiger partial charge < -0.3 is 20.7 Å². The van der Waals surface area contributed by atoms with Gasteiger partial charge in [-0.15, -0.1) is 0 Å². The molecule has 1 aliphatic heterocycles. The number of nitrogens with zero attached hydrogens (tertiary/aromatic N) is 1.